The molecular formula is C37H33BO3. The Hall–Kier alpha value is -4.12. The molecule has 5 aromatic rings. The summed E-state index contributed by atoms with van der Waals surface area (Å²) in [4.78, 5) is 0. The zero-order chi connectivity index (χ0) is 28.2. The molecule has 3 nitrogen and oxygen atoms in total. The van der Waals surface area contributed by atoms with Crippen LogP contribution in [-0.4, -0.2) is 18.3 Å². The van der Waals surface area contributed by atoms with E-state index in [1.54, 1.807) is 0 Å². The van der Waals surface area contributed by atoms with Crippen LogP contribution < -0.4 is 0 Å². The van der Waals surface area contributed by atoms with Crippen molar-refractivity contribution in [2.24, 2.45) is 0 Å². The first-order chi connectivity index (χ1) is 19.8. The van der Waals surface area contributed by atoms with Gasteiger partial charge >= 0.3 is 7.12 Å². The summed E-state index contributed by atoms with van der Waals surface area (Å²) in [5, 5.41) is 1.09. The highest BCUT2D eigenvalue weighted by molar-refractivity contribution is 6.69. The first-order valence-corrected chi connectivity index (χ1v) is 14.4. The molecule has 7 rings (SSSR count). The molecule has 4 aromatic carbocycles. The fourth-order valence-corrected chi connectivity index (χ4v) is 5.74. The summed E-state index contributed by atoms with van der Waals surface area (Å²) in [5.74, 6) is 0.826. The smallest absolute Gasteiger partial charge is 0.456 e. The second-order valence-electron chi connectivity index (χ2n) is 11.9. The highest BCUT2D eigenvalue weighted by atomic mass is 16.7. The van der Waals surface area contributed by atoms with E-state index in [1.165, 1.54) is 22.3 Å². The standard InChI is InChI=1S/C37H33BO3/c1-36(2)37(3,4)41-38(40-36)33-19-9-8-16-32-31-18-11-17-30(34(31)39-35(32)33)29-15-10-14-28(24-29)27-22-20-26(21-23-27)25-12-6-5-7-13-25/h5-8,10-24H,9H2,1-4H3. The molecule has 0 atom stereocenters. The van der Waals surface area contributed by atoms with Crippen molar-refractivity contribution in [3.63, 3.8) is 0 Å². The Labute approximate surface area is 242 Å². The number of para-hydroxylation sites is 1. The quantitative estimate of drug-likeness (QED) is 0.214. The third kappa shape index (κ3) is 4.48. The van der Waals surface area contributed by atoms with E-state index in [0.717, 1.165) is 45.3 Å². The van der Waals surface area contributed by atoms with E-state index in [1.807, 2.05) is 6.07 Å². The van der Waals surface area contributed by atoms with Gasteiger partial charge in [-0.05, 0) is 68.0 Å². The average molecular weight is 536 g/mol. The van der Waals surface area contributed by atoms with Crippen LogP contribution in [0.4, 0.5) is 0 Å². The van der Waals surface area contributed by atoms with Crippen LogP contribution >= 0.6 is 0 Å². The molecule has 1 aliphatic heterocycles. The van der Waals surface area contributed by atoms with Gasteiger partial charge < -0.3 is 13.7 Å². The lowest BCUT2D eigenvalue weighted by Crippen LogP contribution is -2.41. The zero-order valence-electron chi connectivity index (χ0n) is 24.0. The molecule has 4 heteroatoms. The Bertz CT molecular complexity index is 1790. The fourth-order valence-electron chi connectivity index (χ4n) is 5.74. The molecule has 0 bridgehead atoms. The van der Waals surface area contributed by atoms with E-state index in [4.69, 9.17) is 13.7 Å². The third-order valence-electron chi connectivity index (χ3n) is 8.78. The predicted molar refractivity (Wildman–Crippen MR) is 170 cm³/mol. The number of benzene rings is 4. The highest BCUT2D eigenvalue weighted by Crippen LogP contribution is 2.45. The lowest BCUT2D eigenvalue weighted by atomic mass is 9.75. The molecule has 1 aromatic heterocycles. The molecule has 1 aliphatic carbocycles. The van der Waals surface area contributed by atoms with Crippen molar-refractivity contribution in [2.75, 3.05) is 0 Å². The summed E-state index contributed by atoms with van der Waals surface area (Å²) in [6.07, 6.45) is 7.32. The molecule has 0 amide bonds. The van der Waals surface area contributed by atoms with Gasteiger partial charge in [0.2, 0.25) is 0 Å². The number of furan rings is 1. The van der Waals surface area contributed by atoms with Gasteiger partial charge in [0.05, 0.1) is 11.2 Å². The highest BCUT2D eigenvalue weighted by Gasteiger charge is 2.53. The van der Waals surface area contributed by atoms with Crippen LogP contribution in [0.1, 0.15) is 45.4 Å². The molecule has 2 heterocycles. The Balaban J connectivity index is 1.27. The number of hydrogen-bond donors (Lipinski definition) is 0. The summed E-state index contributed by atoms with van der Waals surface area (Å²) >= 11 is 0. The van der Waals surface area contributed by atoms with Gasteiger partial charge in [-0.3, -0.25) is 0 Å². The molecule has 0 unspecified atom stereocenters. The van der Waals surface area contributed by atoms with Crippen LogP contribution in [0.3, 0.4) is 0 Å². The molecule has 0 spiro atoms. The van der Waals surface area contributed by atoms with Gasteiger partial charge in [-0.1, -0.05) is 109 Å². The maximum atomic E-state index is 6.75. The fraction of sp³-hybridized carbons (Fsp3) is 0.189. The Kier molecular flexibility index (Phi) is 6.15. The molecule has 202 valence electrons. The molecule has 1 saturated heterocycles. The first kappa shape index (κ1) is 25.8. The van der Waals surface area contributed by atoms with Crippen molar-refractivity contribution in [1.82, 2.24) is 0 Å². The predicted octanol–water partition coefficient (Wildman–Crippen LogP) is 9.87. The topological polar surface area (TPSA) is 31.6 Å². The van der Waals surface area contributed by atoms with E-state index in [-0.39, 0.29) is 0 Å². The molecule has 1 fully saturated rings. The number of hydrogen-bond acceptors (Lipinski definition) is 3. The second-order valence-corrected chi connectivity index (χ2v) is 11.9. The molecule has 0 saturated carbocycles. The largest absolute Gasteiger partial charge is 0.498 e. The second kappa shape index (κ2) is 9.76. The van der Waals surface area contributed by atoms with Crippen molar-refractivity contribution in [3.05, 3.63) is 121 Å². The third-order valence-corrected chi connectivity index (χ3v) is 8.78. The van der Waals surface area contributed by atoms with E-state index in [9.17, 15) is 0 Å². The van der Waals surface area contributed by atoms with Gasteiger partial charge in [-0.2, -0.15) is 0 Å². The van der Waals surface area contributed by atoms with Crippen LogP contribution in [0.15, 0.2) is 114 Å². The summed E-state index contributed by atoms with van der Waals surface area (Å²) in [6, 6.07) is 34.4. The molecule has 2 aliphatic rings. The zero-order valence-corrected chi connectivity index (χ0v) is 24.0. The number of allylic oxidation sites excluding steroid dienone is 2. The van der Waals surface area contributed by atoms with E-state index >= 15 is 0 Å². The SMILES string of the molecule is CC1(C)OB(C2=CCC=Cc3c2oc2c(-c4cccc(-c5ccc(-c6ccccc6)cc5)c4)cccc32)OC1(C)C. The Morgan fingerprint density at radius 2 is 1.24 bits per heavy atom. The maximum absolute atomic E-state index is 6.75. The number of fused-ring (bicyclic) bond motifs is 3. The van der Waals surface area contributed by atoms with E-state index in [2.05, 4.69) is 137 Å². The Morgan fingerprint density at radius 3 is 1.98 bits per heavy atom. The van der Waals surface area contributed by atoms with Crippen molar-refractivity contribution in [2.45, 2.75) is 45.3 Å². The average Bonchev–Trinajstić information content (AvgIpc) is 3.35. The van der Waals surface area contributed by atoms with Crippen molar-refractivity contribution >= 4 is 29.6 Å². The normalized spacial score (nSPS) is 17.4. The van der Waals surface area contributed by atoms with Crippen molar-refractivity contribution < 1.29 is 13.7 Å². The van der Waals surface area contributed by atoms with E-state index in [0.29, 0.717) is 0 Å². The van der Waals surface area contributed by atoms with Gasteiger partial charge in [-0.15, -0.1) is 0 Å². The first-order valence-electron chi connectivity index (χ1n) is 14.4. The summed E-state index contributed by atoms with van der Waals surface area (Å²) in [7, 11) is -0.482. The minimum atomic E-state index is -0.482. The van der Waals surface area contributed by atoms with Crippen molar-refractivity contribution in [1.29, 1.82) is 0 Å². The van der Waals surface area contributed by atoms with E-state index < -0.39 is 18.3 Å². The minimum Gasteiger partial charge on any atom is -0.456 e. The van der Waals surface area contributed by atoms with Gasteiger partial charge in [0.25, 0.3) is 0 Å². The lowest BCUT2D eigenvalue weighted by Gasteiger charge is -2.32. The van der Waals surface area contributed by atoms with Crippen LogP contribution in [0, 0.1) is 0 Å². The van der Waals surface area contributed by atoms with Crippen molar-refractivity contribution in [3.8, 4) is 33.4 Å². The Morgan fingerprint density at radius 1 is 0.634 bits per heavy atom. The molecule has 0 radical (unpaired) electrons. The van der Waals surface area contributed by atoms with Gasteiger partial charge in [0.1, 0.15) is 11.3 Å². The van der Waals surface area contributed by atoms with Crippen LogP contribution in [-0.2, 0) is 9.31 Å². The van der Waals surface area contributed by atoms with Gasteiger partial charge in [-0.25, -0.2) is 0 Å². The van der Waals surface area contributed by atoms with Crippen LogP contribution in [0.5, 0.6) is 0 Å². The van der Waals surface area contributed by atoms with Gasteiger partial charge in [0.15, 0.2) is 0 Å². The monoisotopic (exact) mass is 536 g/mol. The van der Waals surface area contributed by atoms with Gasteiger partial charge in [0, 0.05) is 22.0 Å². The van der Waals surface area contributed by atoms with Crippen LogP contribution in [0.2, 0.25) is 0 Å². The number of rotatable bonds is 4. The van der Waals surface area contributed by atoms with Crippen LogP contribution in [0.25, 0.3) is 55.9 Å². The summed E-state index contributed by atoms with van der Waals surface area (Å²) in [6.45, 7) is 8.34. The minimum absolute atomic E-state index is 0.421. The molecule has 41 heavy (non-hydrogen) atoms. The summed E-state index contributed by atoms with van der Waals surface area (Å²) in [5.41, 5.74) is 9.05. The molecule has 0 N–H and O–H groups in total. The summed E-state index contributed by atoms with van der Waals surface area (Å²) < 4.78 is 19.6. The lowest BCUT2D eigenvalue weighted by molar-refractivity contribution is 0.00578. The maximum Gasteiger partial charge on any atom is 0.498 e. The molecular weight excluding hydrogens is 503 g/mol.